The molecule has 1 saturated carbocycles. The number of carbonyl (C=O) groups excluding carboxylic acids is 1. The van der Waals surface area contributed by atoms with Gasteiger partial charge in [0.2, 0.25) is 5.91 Å². The summed E-state index contributed by atoms with van der Waals surface area (Å²) in [6.07, 6.45) is 2.12. The molecule has 1 amide bonds. The molecule has 1 aromatic rings. The Morgan fingerprint density at radius 3 is 2.94 bits per heavy atom. The highest BCUT2D eigenvalue weighted by molar-refractivity contribution is 8.00. The van der Waals surface area contributed by atoms with Gasteiger partial charge in [-0.25, -0.2) is 4.39 Å². The third-order valence-electron chi connectivity index (χ3n) is 2.57. The van der Waals surface area contributed by atoms with Crippen LogP contribution in [0, 0.1) is 5.82 Å². The van der Waals surface area contributed by atoms with E-state index >= 15 is 0 Å². The summed E-state index contributed by atoms with van der Waals surface area (Å²) in [5.41, 5.74) is 6.23. The number of nitrogens with two attached hydrogens (primary N) is 1. The van der Waals surface area contributed by atoms with E-state index in [1.165, 1.54) is 30.0 Å². The van der Waals surface area contributed by atoms with Gasteiger partial charge < -0.3 is 11.1 Å². The zero-order chi connectivity index (χ0) is 12.4. The Kier molecular flexibility index (Phi) is 3.57. The van der Waals surface area contributed by atoms with Crippen LogP contribution in [0.25, 0.3) is 0 Å². The van der Waals surface area contributed by atoms with Gasteiger partial charge in [-0.1, -0.05) is 0 Å². The number of carbonyl (C=O) groups is 1. The van der Waals surface area contributed by atoms with Crippen LogP contribution in [-0.2, 0) is 4.79 Å². The molecule has 3 N–H and O–H groups in total. The van der Waals surface area contributed by atoms with E-state index in [9.17, 15) is 9.18 Å². The molecule has 1 aromatic carbocycles. The van der Waals surface area contributed by atoms with Gasteiger partial charge >= 0.3 is 0 Å². The first kappa shape index (κ1) is 12.2. The molecule has 1 aliphatic carbocycles. The van der Waals surface area contributed by atoms with E-state index in [0.29, 0.717) is 16.6 Å². The Morgan fingerprint density at radius 1 is 1.59 bits per heavy atom. The molecule has 5 heteroatoms. The lowest BCUT2D eigenvalue weighted by Gasteiger charge is -2.12. The molecule has 92 valence electrons. The molecule has 0 saturated heterocycles. The summed E-state index contributed by atoms with van der Waals surface area (Å²) in [5, 5.41) is 2.65. The Hall–Kier alpha value is -1.23. The van der Waals surface area contributed by atoms with Gasteiger partial charge in [-0.2, -0.15) is 0 Å². The number of thioether (sulfide) groups is 1. The van der Waals surface area contributed by atoms with E-state index in [0.717, 1.165) is 12.8 Å². The second kappa shape index (κ2) is 4.96. The Morgan fingerprint density at radius 2 is 2.29 bits per heavy atom. The van der Waals surface area contributed by atoms with E-state index in [2.05, 4.69) is 5.32 Å². The topological polar surface area (TPSA) is 55.1 Å². The van der Waals surface area contributed by atoms with Crippen molar-refractivity contribution >= 4 is 23.4 Å². The standard InChI is InChI=1S/C12H15FN2OS/c1-7(12(16)15-9-3-4-9)17-11-6-8(13)2-5-10(11)14/h2,5-7,9H,3-4,14H2,1H3,(H,15,16). The average molecular weight is 254 g/mol. The zero-order valence-electron chi connectivity index (χ0n) is 9.57. The molecule has 1 aliphatic rings. The fourth-order valence-electron chi connectivity index (χ4n) is 1.40. The maximum atomic E-state index is 13.0. The molecule has 0 spiro atoms. The molecule has 17 heavy (non-hydrogen) atoms. The molecule has 0 bridgehead atoms. The third-order valence-corrected chi connectivity index (χ3v) is 3.75. The Bertz CT molecular complexity index is 435. The molecule has 0 radical (unpaired) electrons. The van der Waals surface area contributed by atoms with Crippen molar-refractivity contribution in [2.75, 3.05) is 5.73 Å². The summed E-state index contributed by atoms with van der Waals surface area (Å²) in [7, 11) is 0. The van der Waals surface area contributed by atoms with Crippen LogP contribution >= 0.6 is 11.8 Å². The van der Waals surface area contributed by atoms with Crippen LogP contribution in [0.4, 0.5) is 10.1 Å². The molecule has 3 nitrogen and oxygen atoms in total. The predicted octanol–water partition coefficient (Wildman–Crippen LogP) is 2.17. The molecule has 1 fully saturated rings. The number of rotatable bonds is 4. The number of benzene rings is 1. The molecule has 1 unspecified atom stereocenters. The van der Waals surface area contributed by atoms with E-state index in [1.54, 1.807) is 6.92 Å². The maximum Gasteiger partial charge on any atom is 0.233 e. The first-order valence-electron chi connectivity index (χ1n) is 5.58. The second-order valence-electron chi connectivity index (χ2n) is 4.23. The molecule has 0 heterocycles. The number of nitrogen functional groups attached to an aromatic ring is 1. The number of anilines is 1. The van der Waals surface area contributed by atoms with Crippen molar-refractivity contribution in [2.45, 2.75) is 36.0 Å². The van der Waals surface area contributed by atoms with Gasteiger partial charge in [0.1, 0.15) is 5.82 Å². The van der Waals surface area contributed by atoms with Gasteiger partial charge in [-0.15, -0.1) is 11.8 Å². The summed E-state index contributed by atoms with van der Waals surface area (Å²) in [4.78, 5) is 12.3. The van der Waals surface area contributed by atoms with Crippen molar-refractivity contribution in [3.63, 3.8) is 0 Å². The zero-order valence-corrected chi connectivity index (χ0v) is 10.4. The second-order valence-corrected chi connectivity index (χ2v) is 5.61. The Balaban J connectivity index is 1.98. The van der Waals surface area contributed by atoms with Gasteiger partial charge in [-0.05, 0) is 38.0 Å². The summed E-state index contributed by atoms with van der Waals surface area (Å²) >= 11 is 1.29. The highest BCUT2D eigenvalue weighted by atomic mass is 32.2. The summed E-state index contributed by atoms with van der Waals surface area (Å²) < 4.78 is 13.0. The van der Waals surface area contributed by atoms with Crippen LogP contribution in [0.2, 0.25) is 0 Å². The minimum atomic E-state index is -0.337. The fraction of sp³-hybridized carbons (Fsp3) is 0.417. The van der Waals surface area contributed by atoms with Crippen LogP contribution in [0.5, 0.6) is 0 Å². The first-order chi connectivity index (χ1) is 8.06. The largest absolute Gasteiger partial charge is 0.398 e. The predicted molar refractivity (Wildman–Crippen MR) is 67.3 cm³/mol. The number of amides is 1. The summed E-state index contributed by atoms with van der Waals surface area (Å²) in [5.74, 6) is -0.349. The number of nitrogens with one attached hydrogen (secondary N) is 1. The normalized spacial score (nSPS) is 16.6. The van der Waals surface area contributed by atoms with Crippen molar-refractivity contribution in [3.8, 4) is 0 Å². The smallest absolute Gasteiger partial charge is 0.233 e. The number of hydrogen-bond acceptors (Lipinski definition) is 3. The van der Waals surface area contributed by atoms with Crippen molar-refractivity contribution in [1.82, 2.24) is 5.32 Å². The highest BCUT2D eigenvalue weighted by Gasteiger charge is 2.26. The van der Waals surface area contributed by atoms with E-state index < -0.39 is 0 Å². The molecular weight excluding hydrogens is 239 g/mol. The van der Waals surface area contributed by atoms with E-state index in [1.807, 2.05) is 0 Å². The quantitative estimate of drug-likeness (QED) is 0.639. The van der Waals surface area contributed by atoms with Crippen LogP contribution in [-0.4, -0.2) is 17.2 Å². The molecule has 0 aromatic heterocycles. The van der Waals surface area contributed by atoms with Crippen molar-refractivity contribution in [1.29, 1.82) is 0 Å². The summed E-state index contributed by atoms with van der Waals surface area (Å²) in [6, 6.07) is 4.54. The maximum absolute atomic E-state index is 13.0. The van der Waals surface area contributed by atoms with Gasteiger partial charge in [0, 0.05) is 16.6 Å². The molecular formula is C12H15FN2OS. The monoisotopic (exact) mass is 254 g/mol. The van der Waals surface area contributed by atoms with Crippen molar-refractivity contribution < 1.29 is 9.18 Å². The minimum absolute atomic E-state index is 0.0128. The van der Waals surface area contributed by atoms with Gasteiger partial charge in [-0.3, -0.25) is 4.79 Å². The van der Waals surface area contributed by atoms with Crippen LogP contribution in [0.15, 0.2) is 23.1 Å². The minimum Gasteiger partial charge on any atom is -0.398 e. The first-order valence-corrected chi connectivity index (χ1v) is 6.46. The average Bonchev–Trinajstić information content (AvgIpc) is 3.07. The Labute approximate surface area is 104 Å². The molecule has 1 atom stereocenters. The van der Waals surface area contributed by atoms with Crippen molar-refractivity contribution in [2.24, 2.45) is 0 Å². The third kappa shape index (κ3) is 3.36. The number of halogens is 1. The lowest BCUT2D eigenvalue weighted by Crippen LogP contribution is -2.32. The van der Waals surface area contributed by atoms with Gasteiger partial charge in [0.25, 0.3) is 0 Å². The van der Waals surface area contributed by atoms with E-state index in [-0.39, 0.29) is 17.0 Å². The summed E-state index contributed by atoms with van der Waals surface area (Å²) in [6.45, 7) is 1.80. The molecule has 0 aliphatic heterocycles. The lowest BCUT2D eigenvalue weighted by molar-refractivity contribution is -0.120. The fourth-order valence-corrected chi connectivity index (χ4v) is 2.34. The van der Waals surface area contributed by atoms with Crippen molar-refractivity contribution in [3.05, 3.63) is 24.0 Å². The lowest BCUT2D eigenvalue weighted by atomic mass is 10.3. The van der Waals surface area contributed by atoms with E-state index in [4.69, 9.17) is 5.73 Å². The molecule has 2 rings (SSSR count). The SMILES string of the molecule is CC(Sc1cc(F)ccc1N)C(=O)NC1CC1. The van der Waals surface area contributed by atoms with Crippen LogP contribution in [0.3, 0.4) is 0 Å². The van der Waals surface area contributed by atoms with Gasteiger partial charge in [0.15, 0.2) is 0 Å². The van der Waals surface area contributed by atoms with Gasteiger partial charge in [0.05, 0.1) is 5.25 Å². The van der Waals surface area contributed by atoms with Crippen LogP contribution in [0.1, 0.15) is 19.8 Å². The highest BCUT2D eigenvalue weighted by Crippen LogP contribution is 2.30. The van der Waals surface area contributed by atoms with Crippen LogP contribution < -0.4 is 11.1 Å². The number of hydrogen-bond donors (Lipinski definition) is 2.